The lowest BCUT2D eigenvalue weighted by molar-refractivity contribution is 0.0623. The number of nitrogens with two attached hydrogens (primary N) is 1. The Morgan fingerprint density at radius 2 is 1.96 bits per heavy atom. The summed E-state index contributed by atoms with van der Waals surface area (Å²) >= 11 is 1.40. The number of nitrogen functional groups attached to an aromatic ring is 1. The molecule has 0 saturated carbocycles. The van der Waals surface area contributed by atoms with Crippen molar-refractivity contribution in [3.63, 3.8) is 0 Å². The molecule has 3 N–H and O–H groups in total. The Morgan fingerprint density at radius 1 is 1.19 bits per heavy atom. The fourth-order valence-electron chi connectivity index (χ4n) is 7.44. The fraction of sp³-hybridized carbons (Fsp3) is 0.545. The first-order chi connectivity index (χ1) is 23.0. The molecule has 2 bridgehead atoms. The number of carbonyl (C=O) groups excluding carboxylic acids is 1. The Kier molecular flexibility index (Phi) is 8.83. The van der Waals surface area contributed by atoms with Crippen LogP contribution in [0.15, 0.2) is 35.5 Å². The summed E-state index contributed by atoms with van der Waals surface area (Å²) in [5.41, 5.74) is 8.30. The number of carbonyl (C=O) groups is 1. The van der Waals surface area contributed by atoms with Crippen LogP contribution in [0.1, 0.15) is 73.0 Å². The van der Waals surface area contributed by atoms with E-state index >= 15 is 0 Å². The van der Waals surface area contributed by atoms with Gasteiger partial charge >= 0.3 is 0 Å². The van der Waals surface area contributed by atoms with E-state index in [0.717, 1.165) is 40.9 Å². The maximum absolute atomic E-state index is 13.9. The molecule has 7 rings (SSSR count). The molecule has 3 aliphatic heterocycles. The molecule has 0 aliphatic carbocycles. The van der Waals surface area contributed by atoms with Crippen LogP contribution in [0.4, 0.5) is 20.3 Å². The summed E-state index contributed by atoms with van der Waals surface area (Å²) in [4.78, 5) is 40.2. The van der Waals surface area contributed by atoms with E-state index in [-0.39, 0.29) is 29.8 Å². The number of fused-ring (bicyclic) bond motifs is 3. The normalized spacial score (nSPS) is 23.0. The number of piperidine rings is 2. The predicted octanol–water partition coefficient (Wildman–Crippen LogP) is 4.39. The van der Waals surface area contributed by atoms with Gasteiger partial charge in [-0.25, -0.2) is 23.3 Å². The van der Waals surface area contributed by atoms with E-state index in [2.05, 4.69) is 46.1 Å². The number of hydrogen-bond acceptors (Lipinski definition) is 10. The van der Waals surface area contributed by atoms with Crippen LogP contribution in [0, 0.1) is 0 Å². The summed E-state index contributed by atoms with van der Waals surface area (Å²) in [5.74, 6) is 0.665. The van der Waals surface area contributed by atoms with Crippen LogP contribution in [-0.4, -0.2) is 85.7 Å². The zero-order chi connectivity index (χ0) is 33.7. The Hall–Kier alpha value is -4.11. The summed E-state index contributed by atoms with van der Waals surface area (Å²) in [6.45, 7) is 4.64. The lowest BCUT2D eigenvalue weighted by atomic mass is 10.0. The lowest BCUT2D eigenvalue weighted by Gasteiger charge is -2.36. The molecule has 15 heteroatoms. The number of nitrogens with one attached hydrogen (secondary N) is 1. The maximum Gasteiger partial charge on any atom is 0.267 e. The molecule has 256 valence electrons. The Balaban J connectivity index is 1.12. The number of halogens is 2. The third kappa shape index (κ3) is 6.25. The highest BCUT2D eigenvalue weighted by molar-refractivity contribution is 7.14. The van der Waals surface area contributed by atoms with Gasteiger partial charge in [0.15, 0.2) is 10.7 Å². The monoisotopic (exact) mass is 681 g/mol. The summed E-state index contributed by atoms with van der Waals surface area (Å²) in [7, 11) is 2.20. The number of rotatable bonds is 9. The van der Waals surface area contributed by atoms with Crippen molar-refractivity contribution in [3.8, 4) is 17.1 Å². The van der Waals surface area contributed by atoms with Crippen molar-refractivity contribution in [2.24, 2.45) is 0 Å². The summed E-state index contributed by atoms with van der Waals surface area (Å²) in [5, 5.41) is 8.55. The molecule has 3 saturated heterocycles. The quantitative estimate of drug-likeness (QED) is 0.264. The predicted molar refractivity (Wildman–Crippen MR) is 180 cm³/mol. The molecule has 3 aliphatic rings. The van der Waals surface area contributed by atoms with Gasteiger partial charge in [0.2, 0.25) is 5.88 Å². The molecule has 3 atom stereocenters. The number of aromatic nitrogens is 5. The van der Waals surface area contributed by atoms with E-state index in [4.69, 9.17) is 15.5 Å². The molecule has 0 spiro atoms. The van der Waals surface area contributed by atoms with Gasteiger partial charge in [0, 0.05) is 55.0 Å². The van der Waals surface area contributed by atoms with E-state index in [1.807, 2.05) is 6.07 Å². The van der Waals surface area contributed by atoms with Crippen molar-refractivity contribution in [3.05, 3.63) is 51.0 Å². The number of amides is 1. The first kappa shape index (κ1) is 32.4. The summed E-state index contributed by atoms with van der Waals surface area (Å²) < 4.78 is 35.5. The number of nitrogens with zero attached hydrogens (tertiary/aromatic N) is 7. The van der Waals surface area contributed by atoms with Crippen LogP contribution in [0.25, 0.3) is 16.8 Å². The number of alkyl halides is 2. The first-order valence-corrected chi connectivity index (χ1v) is 17.4. The second kappa shape index (κ2) is 13.1. The smallest absolute Gasteiger partial charge is 0.267 e. The van der Waals surface area contributed by atoms with E-state index in [0.29, 0.717) is 52.7 Å². The van der Waals surface area contributed by atoms with Crippen LogP contribution in [0.3, 0.4) is 0 Å². The number of hydrogen-bond donors (Lipinski definition) is 2. The van der Waals surface area contributed by atoms with Gasteiger partial charge in [-0.15, -0.1) is 11.3 Å². The van der Waals surface area contributed by atoms with Gasteiger partial charge < -0.3 is 30.2 Å². The minimum absolute atomic E-state index is 0.0391. The van der Waals surface area contributed by atoms with Gasteiger partial charge in [0.25, 0.3) is 17.9 Å². The van der Waals surface area contributed by atoms with Crippen LogP contribution in [-0.2, 0) is 6.54 Å². The average molecular weight is 682 g/mol. The molecule has 1 amide bonds. The Morgan fingerprint density at radius 3 is 2.69 bits per heavy atom. The maximum atomic E-state index is 13.9. The number of pyridine rings is 1. The van der Waals surface area contributed by atoms with Crippen LogP contribution >= 0.6 is 11.3 Å². The third-order valence-electron chi connectivity index (χ3n) is 9.92. The zero-order valence-electron chi connectivity index (χ0n) is 27.3. The molecule has 4 aromatic heterocycles. The topological polar surface area (TPSA) is 136 Å². The van der Waals surface area contributed by atoms with E-state index in [1.54, 1.807) is 10.6 Å². The SMILES string of the molecule is CC(C)c1nc(OC2CC3CCC(C2)N3C)c(C(=O)N[C@@H]2CCCN(c3cc(-c4ccc(=O)n(CC(F)F)c4)n4ncnc(N)c34)C2)s1. The minimum Gasteiger partial charge on any atom is -0.473 e. The molecular formula is C33H41F2N9O3S. The van der Waals surface area contributed by atoms with Gasteiger partial charge in [0.1, 0.15) is 23.0 Å². The van der Waals surface area contributed by atoms with Crippen molar-refractivity contribution < 1.29 is 18.3 Å². The zero-order valence-corrected chi connectivity index (χ0v) is 28.1. The van der Waals surface area contributed by atoms with Crippen molar-refractivity contribution in [1.82, 2.24) is 34.4 Å². The molecule has 3 fully saturated rings. The van der Waals surface area contributed by atoms with Crippen LogP contribution in [0.5, 0.6) is 5.88 Å². The molecule has 0 aromatic carbocycles. The van der Waals surface area contributed by atoms with Crippen molar-refractivity contribution >= 4 is 34.3 Å². The van der Waals surface area contributed by atoms with Crippen LogP contribution in [0.2, 0.25) is 0 Å². The molecule has 4 aromatic rings. The molecule has 7 heterocycles. The molecule has 12 nitrogen and oxygen atoms in total. The van der Waals surface area contributed by atoms with Gasteiger partial charge in [-0.3, -0.25) is 9.59 Å². The number of thiazole rings is 1. The standard InChI is InChI=1S/C33H41F2N9O3S/c1-18(2)33-40-32(47-23-11-21-7-8-22(12-23)41(21)3)29(48-33)31(46)39-20-5-4-10-42(15-20)25-13-24(44-28(25)30(36)37-17-38-44)19-6-9-27(45)43(14-19)16-26(34)35/h6,9,13-14,17-18,20-23,26H,4-5,7-8,10-12,15-16H2,1-3H3,(H,39,46)(H2,36,37,38)/t20-,21?,22?,23?/m1/s1. The van der Waals surface area contributed by atoms with Crippen LogP contribution < -0.4 is 26.2 Å². The third-order valence-corrected chi connectivity index (χ3v) is 11.3. The van der Waals surface area contributed by atoms with Gasteiger partial charge in [-0.05, 0) is 57.7 Å². The molecule has 48 heavy (non-hydrogen) atoms. The highest BCUT2D eigenvalue weighted by Gasteiger charge is 2.40. The van der Waals surface area contributed by atoms with E-state index < -0.39 is 18.5 Å². The van der Waals surface area contributed by atoms with Gasteiger partial charge in [-0.2, -0.15) is 5.10 Å². The highest BCUT2D eigenvalue weighted by Crippen LogP contribution is 2.39. The number of ether oxygens (including phenoxy) is 1. The van der Waals surface area contributed by atoms with E-state index in [1.165, 1.54) is 42.8 Å². The number of anilines is 2. The van der Waals surface area contributed by atoms with Gasteiger partial charge in [0.05, 0.1) is 17.9 Å². The van der Waals surface area contributed by atoms with Gasteiger partial charge in [-0.1, -0.05) is 13.8 Å². The summed E-state index contributed by atoms with van der Waals surface area (Å²) in [6.07, 6.45) is 5.95. The Bertz CT molecular complexity index is 1860. The van der Waals surface area contributed by atoms with Crippen molar-refractivity contribution in [1.29, 1.82) is 0 Å². The molecule has 2 unspecified atom stereocenters. The minimum atomic E-state index is -2.68. The summed E-state index contributed by atoms with van der Waals surface area (Å²) in [6, 6.07) is 5.60. The van der Waals surface area contributed by atoms with Crippen molar-refractivity contribution in [2.45, 2.75) is 95.5 Å². The second-order valence-corrected chi connectivity index (χ2v) is 14.5. The fourth-order valence-corrected chi connectivity index (χ4v) is 8.35. The Labute approximate surface area is 280 Å². The largest absolute Gasteiger partial charge is 0.473 e. The highest BCUT2D eigenvalue weighted by atomic mass is 32.1. The van der Waals surface area contributed by atoms with Crippen molar-refractivity contribution in [2.75, 3.05) is 30.8 Å². The van der Waals surface area contributed by atoms with E-state index in [9.17, 15) is 18.4 Å². The second-order valence-electron chi connectivity index (χ2n) is 13.5. The average Bonchev–Trinajstić information content (AvgIpc) is 3.70. The molecule has 0 radical (unpaired) electrons. The lowest BCUT2D eigenvalue weighted by Crippen LogP contribution is -2.48. The first-order valence-electron chi connectivity index (χ1n) is 16.6. The molecular weight excluding hydrogens is 640 g/mol.